The zero-order valence-corrected chi connectivity index (χ0v) is 20.8. The summed E-state index contributed by atoms with van der Waals surface area (Å²) >= 11 is 0. The van der Waals surface area contributed by atoms with Gasteiger partial charge >= 0.3 is 0 Å². The number of benzene rings is 3. The summed E-state index contributed by atoms with van der Waals surface area (Å²) in [5.41, 5.74) is 0.989. The molecule has 0 unspecified atom stereocenters. The number of rotatable bonds is 11. The first-order valence-electron chi connectivity index (χ1n) is 10.6. The van der Waals surface area contributed by atoms with Gasteiger partial charge in [-0.15, -0.1) is 0 Å². The van der Waals surface area contributed by atoms with Crippen LogP contribution in [0.1, 0.15) is 5.56 Å². The molecule has 0 aliphatic rings. The predicted octanol–water partition coefficient (Wildman–Crippen LogP) is 3.23. The SMILES string of the molecule is COc1cccc(N(CC(=O)NCc2cc(OC)c(OC)c(OC)c2)S(=O)(=O)c2ccccc2)c1. The van der Waals surface area contributed by atoms with Crippen LogP contribution in [0.2, 0.25) is 0 Å². The average molecular weight is 501 g/mol. The largest absolute Gasteiger partial charge is 0.497 e. The Kier molecular flexibility index (Phi) is 8.43. The van der Waals surface area contributed by atoms with E-state index in [-0.39, 0.29) is 11.4 Å². The molecule has 0 atom stereocenters. The second kappa shape index (κ2) is 11.5. The second-order valence-corrected chi connectivity index (χ2v) is 9.20. The van der Waals surface area contributed by atoms with Gasteiger partial charge in [-0.3, -0.25) is 9.10 Å². The number of ether oxygens (including phenoxy) is 4. The maximum Gasteiger partial charge on any atom is 0.264 e. The fraction of sp³-hybridized carbons (Fsp3) is 0.240. The van der Waals surface area contributed by atoms with Gasteiger partial charge in [-0.25, -0.2) is 8.42 Å². The van der Waals surface area contributed by atoms with Crippen molar-refractivity contribution >= 4 is 21.6 Å². The number of carbonyl (C=O) groups excluding carboxylic acids is 1. The molecule has 0 aromatic heterocycles. The number of carbonyl (C=O) groups is 1. The summed E-state index contributed by atoms with van der Waals surface area (Å²) in [6, 6.07) is 17.9. The Morgan fingerprint density at radius 3 is 2.06 bits per heavy atom. The summed E-state index contributed by atoms with van der Waals surface area (Å²) in [6.07, 6.45) is 0. The molecule has 0 bridgehead atoms. The molecule has 10 heteroatoms. The summed E-state index contributed by atoms with van der Waals surface area (Å²) in [5, 5.41) is 2.76. The molecule has 3 aromatic carbocycles. The molecule has 9 nitrogen and oxygen atoms in total. The first-order valence-corrected chi connectivity index (χ1v) is 12.1. The number of hydrogen-bond donors (Lipinski definition) is 1. The van der Waals surface area contributed by atoms with Gasteiger partial charge < -0.3 is 24.3 Å². The van der Waals surface area contributed by atoms with Crippen molar-refractivity contribution in [1.29, 1.82) is 0 Å². The zero-order chi connectivity index (χ0) is 25.4. The molecule has 186 valence electrons. The molecule has 1 amide bonds. The van der Waals surface area contributed by atoms with Crippen LogP contribution in [0.15, 0.2) is 71.6 Å². The molecule has 1 N–H and O–H groups in total. The summed E-state index contributed by atoms with van der Waals surface area (Å²) in [7, 11) is 1.96. The summed E-state index contributed by atoms with van der Waals surface area (Å²) < 4.78 is 49.2. The minimum Gasteiger partial charge on any atom is -0.497 e. The van der Waals surface area contributed by atoms with Gasteiger partial charge in [0.1, 0.15) is 12.3 Å². The summed E-state index contributed by atoms with van der Waals surface area (Å²) in [5.74, 6) is 1.29. The molecule has 0 radical (unpaired) electrons. The first kappa shape index (κ1) is 25.7. The number of methoxy groups -OCH3 is 4. The summed E-state index contributed by atoms with van der Waals surface area (Å²) in [4.78, 5) is 13.0. The molecule has 0 saturated carbocycles. The van der Waals surface area contributed by atoms with E-state index in [2.05, 4.69) is 5.32 Å². The maximum atomic E-state index is 13.4. The Hall–Kier alpha value is -3.92. The van der Waals surface area contributed by atoms with Gasteiger partial charge in [0.2, 0.25) is 11.7 Å². The van der Waals surface area contributed by atoms with Gasteiger partial charge in [0.25, 0.3) is 10.0 Å². The van der Waals surface area contributed by atoms with Gasteiger partial charge in [0, 0.05) is 12.6 Å². The molecule has 0 heterocycles. The van der Waals surface area contributed by atoms with Gasteiger partial charge in [-0.2, -0.15) is 0 Å². The third-order valence-electron chi connectivity index (χ3n) is 5.17. The van der Waals surface area contributed by atoms with Crippen LogP contribution < -0.4 is 28.6 Å². The van der Waals surface area contributed by atoms with E-state index in [9.17, 15) is 13.2 Å². The van der Waals surface area contributed by atoms with E-state index in [4.69, 9.17) is 18.9 Å². The maximum absolute atomic E-state index is 13.4. The lowest BCUT2D eigenvalue weighted by atomic mass is 10.1. The fourth-order valence-corrected chi connectivity index (χ4v) is 4.86. The monoisotopic (exact) mass is 500 g/mol. The van der Waals surface area contributed by atoms with E-state index < -0.39 is 22.5 Å². The number of nitrogens with one attached hydrogen (secondary N) is 1. The Morgan fingerprint density at radius 1 is 0.829 bits per heavy atom. The number of anilines is 1. The highest BCUT2D eigenvalue weighted by Crippen LogP contribution is 2.38. The van der Waals surface area contributed by atoms with Crippen LogP contribution in [0.3, 0.4) is 0 Å². The van der Waals surface area contributed by atoms with Crippen LogP contribution in [0, 0.1) is 0 Å². The lowest BCUT2D eigenvalue weighted by Gasteiger charge is -2.24. The molecule has 0 spiro atoms. The molecule has 0 saturated heterocycles. The fourth-order valence-electron chi connectivity index (χ4n) is 3.42. The minimum atomic E-state index is -4.03. The Labute approximate surface area is 205 Å². The molecule has 0 aliphatic carbocycles. The molecule has 0 fully saturated rings. The van der Waals surface area contributed by atoms with Crippen molar-refractivity contribution in [3.8, 4) is 23.0 Å². The van der Waals surface area contributed by atoms with Crippen molar-refractivity contribution in [2.45, 2.75) is 11.4 Å². The molecule has 3 rings (SSSR count). The van der Waals surface area contributed by atoms with E-state index in [0.717, 1.165) is 4.31 Å². The van der Waals surface area contributed by atoms with E-state index in [1.165, 1.54) is 40.6 Å². The van der Waals surface area contributed by atoms with Crippen LogP contribution >= 0.6 is 0 Å². The lowest BCUT2D eigenvalue weighted by Crippen LogP contribution is -2.40. The van der Waals surface area contributed by atoms with Crippen molar-refractivity contribution < 1.29 is 32.2 Å². The van der Waals surface area contributed by atoms with Gasteiger partial charge in [-0.1, -0.05) is 24.3 Å². The second-order valence-electron chi connectivity index (χ2n) is 7.34. The van der Waals surface area contributed by atoms with Crippen LogP contribution in [-0.2, 0) is 21.4 Å². The normalized spacial score (nSPS) is 10.9. The quantitative estimate of drug-likeness (QED) is 0.431. The van der Waals surface area contributed by atoms with Crippen molar-refractivity contribution in [3.63, 3.8) is 0 Å². The van der Waals surface area contributed by atoms with Crippen LogP contribution in [0.4, 0.5) is 5.69 Å². The van der Waals surface area contributed by atoms with Gasteiger partial charge in [0.05, 0.1) is 39.0 Å². The standard InChI is InChI=1S/C25H28N2O7S/c1-31-20-10-8-9-19(15-20)27(35(29,30)21-11-6-5-7-12-21)17-24(28)26-16-18-13-22(32-2)25(34-4)23(14-18)33-3/h5-15H,16-17H2,1-4H3,(H,26,28). The van der Waals surface area contributed by atoms with Crippen molar-refractivity contribution in [3.05, 3.63) is 72.3 Å². The van der Waals surface area contributed by atoms with Crippen molar-refractivity contribution in [2.24, 2.45) is 0 Å². The number of nitrogens with zero attached hydrogens (tertiary/aromatic N) is 1. The zero-order valence-electron chi connectivity index (χ0n) is 20.0. The van der Waals surface area contributed by atoms with Gasteiger partial charge in [-0.05, 0) is 42.0 Å². The number of hydrogen-bond acceptors (Lipinski definition) is 7. The molecule has 3 aromatic rings. The lowest BCUT2D eigenvalue weighted by molar-refractivity contribution is -0.119. The predicted molar refractivity (Wildman–Crippen MR) is 132 cm³/mol. The number of sulfonamides is 1. The van der Waals surface area contributed by atoms with E-state index >= 15 is 0 Å². The molecule has 35 heavy (non-hydrogen) atoms. The molecular weight excluding hydrogens is 472 g/mol. The Morgan fingerprint density at radius 2 is 1.49 bits per heavy atom. The topological polar surface area (TPSA) is 103 Å². The van der Waals surface area contributed by atoms with E-state index in [1.54, 1.807) is 54.6 Å². The Balaban J connectivity index is 1.86. The first-order chi connectivity index (χ1) is 16.8. The highest BCUT2D eigenvalue weighted by Gasteiger charge is 2.27. The highest BCUT2D eigenvalue weighted by molar-refractivity contribution is 7.92. The highest BCUT2D eigenvalue weighted by atomic mass is 32.2. The smallest absolute Gasteiger partial charge is 0.264 e. The van der Waals surface area contributed by atoms with Crippen LogP contribution in [0.25, 0.3) is 0 Å². The van der Waals surface area contributed by atoms with Crippen molar-refractivity contribution in [2.75, 3.05) is 39.3 Å². The van der Waals surface area contributed by atoms with E-state index in [1.807, 2.05) is 0 Å². The average Bonchev–Trinajstić information content (AvgIpc) is 2.90. The van der Waals surface area contributed by atoms with Crippen LogP contribution in [-0.4, -0.2) is 49.3 Å². The van der Waals surface area contributed by atoms with Crippen molar-refractivity contribution in [1.82, 2.24) is 5.32 Å². The third kappa shape index (κ3) is 5.96. The van der Waals surface area contributed by atoms with E-state index in [0.29, 0.717) is 34.2 Å². The van der Waals surface area contributed by atoms with Crippen LogP contribution in [0.5, 0.6) is 23.0 Å². The molecular formula is C25H28N2O7S. The Bertz CT molecular complexity index is 1240. The molecule has 0 aliphatic heterocycles. The minimum absolute atomic E-state index is 0.0697. The number of amides is 1. The summed E-state index contributed by atoms with van der Waals surface area (Å²) in [6.45, 7) is -0.318. The third-order valence-corrected chi connectivity index (χ3v) is 6.96. The van der Waals surface area contributed by atoms with Gasteiger partial charge in [0.15, 0.2) is 11.5 Å².